The number of rotatable bonds is 4. The van der Waals surface area contributed by atoms with Crippen LogP contribution in [0.5, 0.6) is 0 Å². The van der Waals surface area contributed by atoms with Crippen LogP contribution < -0.4 is 15.9 Å². The van der Waals surface area contributed by atoms with E-state index in [1.165, 1.54) is 24.1 Å². The minimum atomic E-state index is -0.257. The molecule has 5 rings (SSSR count). The summed E-state index contributed by atoms with van der Waals surface area (Å²) in [7, 11) is 0. The highest BCUT2D eigenvalue weighted by molar-refractivity contribution is 7.99. The van der Waals surface area contributed by atoms with Crippen molar-refractivity contribution in [3.63, 3.8) is 0 Å². The third kappa shape index (κ3) is 3.30. The molecule has 2 saturated carbocycles. The number of fused-ring (bicyclic) bond motifs is 3. The lowest BCUT2D eigenvalue weighted by atomic mass is 9.86. The molecule has 0 radical (unpaired) electrons. The Morgan fingerprint density at radius 2 is 1.93 bits per heavy atom. The highest BCUT2D eigenvalue weighted by Crippen LogP contribution is 2.49. The summed E-state index contributed by atoms with van der Waals surface area (Å²) in [6.45, 7) is 1.80. The summed E-state index contributed by atoms with van der Waals surface area (Å²) in [4.78, 5) is 29.0. The summed E-state index contributed by atoms with van der Waals surface area (Å²) >= 11 is 1.93. The summed E-state index contributed by atoms with van der Waals surface area (Å²) in [5.74, 6) is 4.76. The van der Waals surface area contributed by atoms with E-state index in [-0.39, 0.29) is 11.5 Å². The van der Waals surface area contributed by atoms with Crippen LogP contribution >= 0.6 is 11.8 Å². The molecular formula is C21H26N4O2S. The number of nitrogens with zero attached hydrogens (tertiary/aromatic N) is 3. The summed E-state index contributed by atoms with van der Waals surface area (Å²) < 4.78 is 0. The molecule has 0 spiro atoms. The molecule has 2 bridgehead atoms. The van der Waals surface area contributed by atoms with Gasteiger partial charge in [-0.1, -0.05) is 24.6 Å². The molecule has 1 aromatic carbocycles. The number of anilines is 1. The molecule has 1 aliphatic heterocycles. The second-order valence-electron chi connectivity index (χ2n) is 8.36. The number of carbonyl (C=O) groups is 1. The van der Waals surface area contributed by atoms with E-state index in [1.54, 1.807) is 0 Å². The minimum absolute atomic E-state index is 0.0948. The molecule has 28 heavy (non-hydrogen) atoms. The Hall–Kier alpha value is -2.02. The smallest absolute Gasteiger partial charge is 0.294 e. The summed E-state index contributed by atoms with van der Waals surface area (Å²) in [5, 5.41) is 6.04. The Morgan fingerprint density at radius 1 is 1.14 bits per heavy atom. The fraction of sp³-hybridized carbons (Fsp3) is 0.571. The average molecular weight is 399 g/mol. The third-order valence-corrected chi connectivity index (χ3v) is 7.60. The van der Waals surface area contributed by atoms with Crippen molar-refractivity contribution in [2.24, 2.45) is 17.8 Å². The molecule has 3 aliphatic rings. The van der Waals surface area contributed by atoms with E-state index in [1.807, 2.05) is 36.0 Å². The monoisotopic (exact) mass is 398 g/mol. The van der Waals surface area contributed by atoms with E-state index >= 15 is 0 Å². The van der Waals surface area contributed by atoms with Crippen molar-refractivity contribution < 1.29 is 4.79 Å². The van der Waals surface area contributed by atoms with Gasteiger partial charge in [0.2, 0.25) is 5.91 Å². The molecule has 3 atom stereocenters. The van der Waals surface area contributed by atoms with Gasteiger partial charge in [-0.3, -0.25) is 9.59 Å². The van der Waals surface area contributed by atoms with Gasteiger partial charge >= 0.3 is 0 Å². The molecule has 2 aromatic rings. The maximum absolute atomic E-state index is 12.9. The average Bonchev–Trinajstić information content (AvgIpc) is 3.34. The lowest BCUT2D eigenvalue weighted by Gasteiger charge is -2.28. The van der Waals surface area contributed by atoms with Crippen molar-refractivity contribution in [2.75, 3.05) is 34.9 Å². The highest BCUT2D eigenvalue weighted by Gasteiger charge is 2.40. The fourth-order valence-corrected chi connectivity index (χ4v) is 6.19. The standard InChI is InChI=1S/C21H26N4O2S/c26-19(13-16-12-14-5-6-15(16)11-14)22-25-21(27)18-4-2-1-3-17(18)20(23-25)24-7-9-28-10-8-24/h1-4,14-16H,5-13H2,(H,22,26). The summed E-state index contributed by atoms with van der Waals surface area (Å²) in [5.41, 5.74) is 2.53. The van der Waals surface area contributed by atoms with Crippen LogP contribution in [-0.4, -0.2) is 40.4 Å². The third-order valence-electron chi connectivity index (χ3n) is 6.66. The van der Waals surface area contributed by atoms with Crippen molar-refractivity contribution in [2.45, 2.75) is 32.1 Å². The molecule has 6 nitrogen and oxygen atoms in total. The van der Waals surface area contributed by atoms with Gasteiger partial charge in [0.05, 0.1) is 5.39 Å². The first-order valence-corrected chi connectivity index (χ1v) is 11.5. The Morgan fingerprint density at radius 3 is 2.64 bits per heavy atom. The fourth-order valence-electron chi connectivity index (χ4n) is 5.29. The van der Waals surface area contributed by atoms with Crippen LogP contribution in [0.15, 0.2) is 29.1 Å². The predicted molar refractivity (Wildman–Crippen MR) is 113 cm³/mol. The van der Waals surface area contributed by atoms with Crippen LogP contribution in [0.3, 0.4) is 0 Å². The summed E-state index contributed by atoms with van der Waals surface area (Å²) in [6.07, 6.45) is 5.52. The molecule has 2 aliphatic carbocycles. The minimum Gasteiger partial charge on any atom is -0.353 e. The first-order chi connectivity index (χ1) is 13.7. The quantitative estimate of drug-likeness (QED) is 0.858. The lowest BCUT2D eigenvalue weighted by molar-refractivity contribution is -0.118. The molecule has 3 fully saturated rings. The van der Waals surface area contributed by atoms with E-state index in [9.17, 15) is 9.59 Å². The van der Waals surface area contributed by atoms with E-state index in [4.69, 9.17) is 0 Å². The summed E-state index contributed by atoms with van der Waals surface area (Å²) in [6, 6.07) is 7.56. The Kier molecular flexibility index (Phi) is 4.78. The number of nitrogens with one attached hydrogen (secondary N) is 1. The van der Waals surface area contributed by atoms with Gasteiger partial charge in [-0.15, -0.1) is 9.89 Å². The molecule has 3 unspecified atom stereocenters. The molecule has 1 aromatic heterocycles. The number of carbonyl (C=O) groups excluding carboxylic acids is 1. The number of aromatic nitrogens is 2. The highest BCUT2D eigenvalue weighted by atomic mass is 32.2. The zero-order valence-electron chi connectivity index (χ0n) is 16.0. The Bertz CT molecular complexity index is 953. The normalized spacial score (nSPS) is 26.7. The zero-order chi connectivity index (χ0) is 19.1. The SMILES string of the molecule is O=C(CC1CC2CCC1C2)Nn1nc(N2CCSCC2)c2ccccc2c1=O. The van der Waals surface area contributed by atoms with E-state index in [0.717, 1.165) is 48.1 Å². The second kappa shape index (κ2) is 7.43. The predicted octanol–water partition coefficient (Wildman–Crippen LogP) is 2.85. The molecular weight excluding hydrogens is 372 g/mol. The van der Waals surface area contributed by atoms with Crippen LogP contribution in [-0.2, 0) is 4.79 Å². The zero-order valence-corrected chi connectivity index (χ0v) is 16.8. The lowest BCUT2D eigenvalue weighted by Crippen LogP contribution is -2.40. The van der Waals surface area contributed by atoms with Gasteiger partial charge in [0.15, 0.2) is 5.82 Å². The molecule has 1 N–H and O–H groups in total. The Labute approximate surface area is 168 Å². The van der Waals surface area contributed by atoms with Gasteiger partial charge in [-0.25, -0.2) is 5.43 Å². The molecule has 2 heterocycles. The van der Waals surface area contributed by atoms with Crippen LogP contribution in [0.1, 0.15) is 32.1 Å². The van der Waals surface area contributed by atoms with Crippen molar-refractivity contribution in [3.05, 3.63) is 34.6 Å². The Balaban J connectivity index is 1.42. The maximum Gasteiger partial charge on any atom is 0.294 e. The number of hydrogen-bond donors (Lipinski definition) is 1. The van der Waals surface area contributed by atoms with Gasteiger partial charge in [0.1, 0.15) is 0 Å². The van der Waals surface area contributed by atoms with Gasteiger partial charge in [-0.05, 0) is 43.1 Å². The van der Waals surface area contributed by atoms with Crippen LogP contribution in [0.4, 0.5) is 5.82 Å². The van der Waals surface area contributed by atoms with Gasteiger partial charge in [-0.2, -0.15) is 11.8 Å². The van der Waals surface area contributed by atoms with Crippen molar-refractivity contribution in [1.82, 2.24) is 9.89 Å². The topological polar surface area (TPSA) is 67.2 Å². The number of thioether (sulfide) groups is 1. The van der Waals surface area contributed by atoms with Gasteiger partial charge < -0.3 is 4.90 Å². The molecule has 1 amide bonds. The van der Waals surface area contributed by atoms with Crippen molar-refractivity contribution >= 4 is 34.3 Å². The van der Waals surface area contributed by atoms with Crippen LogP contribution in [0.2, 0.25) is 0 Å². The van der Waals surface area contributed by atoms with Crippen molar-refractivity contribution in [3.8, 4) is 0 Å². The van der Waals surface area contributed by atoms with E-state index in [2.05, 4.69) is 15.4 Å². The van der Waals surface area contributed by atoms with E-state index in [0.29, 0.717) is 23.6 Å². The van der Waals surface area contributed by atoms with E-state index < -0.39 is 0 Å². The number of amides is 1. The second-order valence-corrected chi connectivity index (χ2v) is 9.58. The maximum atomic E-state index is 12.9. The first kappa shape index (κ1) is 18.0. The largest absolute Gasteiger partial charge is 0.353 e. The number of benzene rings is 1. The van der Waals surface area contributed by atoms with Crippen LogP contribution in [0.25, 0.3) is 10.8 Å². The first-order valence-electron chi connectivity index (χ1n) is 10.3. The number of hydrogen-bond acceptors (Lipinski definition) is 5. The van der Waals surface area contributed by atoms with Gasteiger partial charge in [0.25, 0.3) is 5.56 Å². The molecule has 7 heteroatoms. The van der Waals surface area contributed by atoms with Gasteiger partial charge in [0, 0.05) is 36.4 Å². The molecule has 1 saturated heterocycles. The molecule has 148 valence electrons. The van der Waals surface area contributed by atoms with Crippen LogP contribution in [0, 0.1) is 17.8 Å². The van der Waals surface area contributed by atoms with Crippen molar-refractivity contribution in [1.29, 1.82) is 0 Å².